The van der Waals surface area contributed by atoms with E-state index in [1.165, 1.54) is 34.5 Å². The average Bonchev–Trinajstić information content (AvgIpc) is 3.32. The number of nitrogens with one attached hydrogen (secondary N) is 1. The van der Waals surface area contributed by atoms with Crippen molar-refractivity contribution in [3.05, 3.63) is 35.3 Å². The molecule has 38 heavy (non-hydrogen) atoms. The maximum atomic E-state index is 13.6. The first kappa shape index (κ1) is 29.6. The number of aliphatic imine (C=N–C) groups is 2. The SMILES string of the molecule is C=N/C(=N\C=C(/C)Cl)[C@@H](OC)[C@H](C)S(=O)(=O)Nc1nnc([C@@H]2CCCOC2)n1-c1c(OC)cccc1OC. The van der Waals surface area contributed by atoms with E-state index in [0.717, 1.165) is 12.8 Å². The number of rotatable bonds is 11. The van der Waals surface area contributed by atoms with Crippen LogP contribution < -0.4 is 14.2 Å². The van der Waals surface area contributed by atoms with Crippen molar-refractivity contribution in [2.24, 2.45) is 9.98 Å². The van der Waals surface area contributed by atoms with Crippen LogP contribution in [0.15, 0.2) is 39.4 Å². The number of anilines is 1. The Labute approximate surface area is 227 Å². The first-order valence-corrected chi connectivity index (χ1v) is 13.8. The Balaban J connectivity index is 2.11. The normalized spacial score (nSPS) is 18.5. The number of aromatic nitrogens is 3. The van der Waals surface area contributed by atoms with E-state index in [2.05, 4.69) is 31.6 Å². The van der Waals surface area contributed by atoms with Crippen LogP contribution in [0.4, 0.5) is 5.95 Å². The summed E-state index contributed by atoms with van der Waals surface area (Å²) in [7, 11) is 0.251. The third-order valence-electron chi connectivity index (χ3n) is 6.03. The minimum atomic E-state index is -4.14. The molecule has 3 rings (SSSR count). The van der Waals surface area contributed by atoms with E-state index in [0.29, 0.717) is 41.3 Å². The molecule has 12 nitrogen and oxygen atoms in total. The molecule has 2 heterocycles. The fraction of sp³-hybridized carbons (Fsp3) is 0.500. The summed E-state index contributed by atoms with van der Waals surface area (Å²) < 4.78 is 53.7. The molecule has 208 valence electrons. The predicted molar refractivity (Wildman–Crippen MR) is 147 cm³/mol. The molecule has 0 saturated carbocycles. The maximum Gasteiger partial charge on any atom is 0.243 e. The standard InChI is InChI=1S/C24H33ClN6O6S/c1-15(25)13-27-22(26-3)21(36-6)16(2)38(32,33)30-24-29-28-23(17-9-8-12-37-14-17)31(24)20-18(34-4)10-7-11-19(20)35-5/h7,10-11,13,16-17,21H,3,8-9,12,14H2,1-2,4-6H3,(H,29,30)/b15-13+,27-22-/t16-,17+,21-/m0/s1. The molecule has 2 aromatic rings. The zero-order valence-electron chi connectivity index (χ0n) is 22.0. The van der Waals surface area contributed by atoms with Gasteiger partial charge in [0.05, 0.1) is 20.8 Å². The minimum Gasteiger partial charge on any atom is -0.494 e. The first-order valence-electron chi connectivity index (χ1n) is 11.8. The Bertz CT molecular complexity index is 1260. The second-order valence-corrected chi connectivity index (χ2v) is 11.1. The summed E-state index contributed by atoms with van der Waals surface area (Å²) in [6.07, 6.45) is 1.91. The molecule has 1 saturated heterocycles. The third-order valence-corrected chi connectivity index (χ3v) is 7.82. The molecular formula is C24H33ClN6O6S. The van der Waals surface area contributed by atoms with E-state index < -0.39 is 21.4 Å². The van der Waals surface area contributed by atoms with Gasteiger partial charge in [0.15, 0.2) is 5.84 Å². The molecule has 1 N–H and O–H groups in total. The summed E-state index contributed by atoms with van der Waals surface area (Å²) in [5.41, 5.74) is 0.453. The van der Waals surface area contributed by atoms with Gasteiger partial charge in [0.2, 0.25) is 16.0 Å². The van der Waals surface area contributed by atoms with Crippen molar-refractivity contribution in [2.45, 2.75) is 44.0 Å². The molecule has 1 aromatic carbocycles. The van der Waals surface area contributed by atoms with Crippen molar-refractivity contribution in [1.82, 2.24) is 14.8 Å². The van der Waals surface area contributed by atoms with E-state index in [9.17, 15) is 8.42 Å². The molecule has 0 radical (unpaired) electrons. The lowest BCUT2D eigenvalue weighted by Crippen LogP contribution is -2.41. The van der Waals surface area contributed by atoms with Gasteiger partial charge in [0, 0.05) is 30.9 Å². The molecular weight excluding hydrogens is 536 g/mol. The molecule has 1 aliphatic heterocycles. The average molecular weight is 569 g/mol. The lowest BCUT2D eigenvalue weighted by molar-refractivity contribution is 0.0775. The molecule has 1 aromatic heterocycles. The molecule has 0 amide bonds. The lowest BCUT2D eigenvalue weighted by atomic mass is 10.0. The molecule has 3 atom stereocenters. The molecule has 1 fully saturated rings. The number of allylic oxidation sites excluding steroid dienone is 1. The van der Waals surface area contributed by atoms with Gasteiger partial charge in [0.25, 0.3) is 0 Å². The summed E-state index contributed by atoms with van der Waals surface area (Å²) in [6.45, 7) is 7.65. The molecule has 1 aliphatic rings. The third kappa shape index (κ3) is 6.52. The Morgan fingerprint density at radius 1 is 1.29 bits per heavy atom. The number of methoxy groups -OCH3 is 3. The van der Waals surface area contributed by atoms with Crippen LogP contribution in [0.25, 0.3) is 5.69 Å². The summed E-state index contributed by atoms with van der Waals surface area (Å²) in [5.74, 6) is 1.29. The van der Waals surface area contributed by atoms with Crippen LogP contribution >= 0.6 is 11.6 Å². The number of hydrogen-bond acceptors (Lipinski definition) is 9. The van der Waals surface area contributed by atoms with Crippen LogP contribution in [0.2, 0.25) is 0 Å². The van der Waals surface area contributed by atoms with Crippen LogP contribution in [-0.2, 0) is 19.5 Å². The van der Waals surface area contributed by atoms with Gasteiger partial charge in [-0.3, -0.25) is 9.29 Å². The second kappa shape index (κ2) is 13.2. The van der Waals surface area contributed by atoms with Crippen molar-refractivity contribution in [3.8, 4) is 17.2 Å². The van der Waals surface area contributed by atoms with E-state index in [4.69, 9.17) is 30.5 Å². The van der Waals surface area contributed by atoms with E-state index in [1.807, 2.05) is 0 Å². The fourth-order valence-electron chi connectivity index (χ4n) is 4.09. The van der Waals surface area contributed by atoms with Gasteiger partial charge in [-0.1, -0.05) is 17.7 Å². The molecule has 0 spiro atoms. The van der Waals surface area contributed by atoms with Crippen LogP contribution in [0.5, 0.6) is 11.5 Å². The summed E-state index contributed by atoms with van der Waals surface area (Å²) in [6, 6.07) is 5.25. The maximum absolute atomic E-state index is 13.6. The number of nitrogens with zero attached hydrogens (tertiary/aromatic N) is 5. The number of amidine groups is 1. The molecule has 0 aliphatic carbocycles. The number of hydrogen-bond donors (Lipinski definition) is 1. The zero-order chi connectivity index (χ0) is 27.9. The quantitative estimate of drug-likeness (QED) is 0.321. The van der Waals surface area contributed by atoms with Crippen LogP contribution in [-0.4, -0.2) is 81.6 Å². The van der Waals surface area contributed by atoms with Crippen molar-refractivity contribution < 1.29 is 27.4 Å². The lowest BCUT2D eigenvalue weighted by Gasteiger charge is -2.25. The highest BCUT2D eigenvalue weighted by molar-refractivity contribution is 7.93. The Morgan fingerprint density at radius 3 is 2.50 bits per heavy atom. The van der Waals surface area contributed by atoms with Gasteiger partial charge in [-0.15, -0.1) is 10.2 Å². The number of para-hydroxylation sites is 1. The monoisotopic (exact) mass is 568 g/mol. The number of benzene rings is 1. The zero-order valence-corrected chi connectivity index (χ0v) is 23.6. The van der Waals surface area contributed by atoms with Gasteiger partial charge < -0.3 is 18.9 Å². The molecule has 0 bridgehead atoms. The van der Waals surface area contributed by atoms with Gasteiger partial charge in [-0.05, 0) is 45.5 Å². The number of halogens is 1. The smallest absolute Gasteiger partial charge is 0.243 e. The summed E-state index contributed by atoms with van der Waals surface area (Å²) in [4.78, 5) is 7.97. The van der Waals surface area contributed by atoms with Crippen molar-refractivity contribution in [2.75, 3.05) is 39.3 Å². The number of ether oxygens (including phenoxy) is 4. The highest BCUT2D eigenvalue weighted by atomic mass is 35.5. The van der Waals surface area contributed by atoms with E-state index in [-0.39, 0.29) is 17.7 Å². The first-order chi connectivity index (χ1) is 18.2. The topological polar surface area (TPSA) is 139 Å². The van der Waals surface area contributed by atoms with Crippen LogP contribution in [0.1, 0.15) is 38.4 Å². The molecule has 14 heteroatoms. The van der Waals surface area contributed by atoms with E-state index in [1.54, 1.807) is 29.7 Å². The largest absolute Gasteiger partial charge is 0.494 e. The van der Waals surface area contributed by atoms with Gasteiger partial charge >= 0.3 is 0 Å². The van der Waals surface area contributed by atoms with Gasteiger partial charge in [-0.2, -0.15) is 0 Å². The van der Waals surface area contributed by atoms with Crippen molar-refractivity contribution in [1.29, 1.82) is 0 Å². The Morgan fingerprint density at radius 2 is 1.97 bits per heavy atom. The van der Waals surface area contributed by atoms with Crippen molar-refractivity contribution >= 4 is 40.1 Å². The minimum absolute atomic E-state index is 0.0448. The Hall–Kier alpha value is -3.00. The number of sulfonamides is 1. The molecule has 0 unspecified atom stereocenters. The van der Waals surface area contributed by atoms with E-state index >= 15 is 0 Å². The van der Waals surface area contributed by atoms with Gasteiger partial charge in [0.1, 0.15) is 34.4 Å². The Kier molecular flexibility index (Phi) is 10.3. The van der Waals surface area contributed by atoms with Crippen LogP contribution in [0, 0.1) is 0 Å². The summed E-state index contributed by atoms with van der Waals surface area (Å²) in [5, 5.41) is 7.80. The van der Waals surface area contributed by atoms with Crippen molar-refractivity contribution in [3.63, 3.8) is 0 Å². The predicted octanol–water partition coefficient (Wildman–Crippen LogP) is 3.52. The second-order valence-electron chi connectivity index (χ2n) is 8.51. The summed E-state index contributed by atoms with van der Waals surface area (Å²) >= 11 is 5.87. The van der Waals surface area contributed by atoms with Crippen LogP contribution in [0.3, 0.4) is 0 Å². The highest BCUT2D eigenvalue weighted by Crippen LogP contribution is 2.38. The van der Waals surface area contributed by atoms with Gasteiger partial charge in [-0.25, -0.2) is 18.4 Å². The fourth-order valence-corrected chi connectivity index (χ4v) is 5.27. The highest BCUT2D eigenvalue weighted by Gasteiger charge is 2.36.